The first-order valence-electron chi connectivity index (χ1n) is 10.9. The molecule has 1 fully saturated rings. The van der Waals surface area contributed by atoms with Crippen molar-refractivity contribution in [3.8, 4) is 11.1 Å². The highest BCUT2D eigenvalue weighted by Crippen LogP contribution is 2.37. The SMILES string of the molecule is O=C1c2ccccc2-c2ccc(C(=O)N3CCN(S(=O)(=O)c4c[nH]c5ncccc45)CC3)cc21. The Bertz CT molecular complexity index is 1580. The number of amides is 1. The predicted octanol–water partition coefficient (Wildman–Crippen LogP) is 2.92. The van der Waals surface area contributed by atoms with Gasteiger partial charge in [0.2, 0.25) is 10.0 Å². The van der Waals surface area contributed by atoms with Crippen molar-refractivity contribution < 1.29 is 18.0 Å². The number of fused-ring (bicyclic) bond motifs is 4. The molecule has 1 aliphatic heterocycles. The normalized spacial score (nSPS) is 16.0. The van der Waals surface area contributed by atoms with Crippen molar-refractivity contribution in [3.05, 3.63) is 83.7 Å². The second-order valence-corrected chi connectivity index (χ2v) is 10.3. The van der Waals surface area contributed by atoms with Gasteiger partial charge < -0.3 is 9.88 Å². The van der Waals surface area contributed by atoms with Gasteiger partial charge in [-0.2, -0.15) is 4.31 Å². The van der Waals surface area contributed by atoms with Crippen LogP contribution >= 0.6 is 0 Å². The monoisotopic (exact) mass is 472 g/mol. The minimum absolute atomic E-state index is 0.0793. The summed E-state index contributed by atoms with van der Waals surface area (Å²) in [7, 11) is -3.73. The van der Waals surface area contributed by atoms with Gasteiger partial charge in [-0.1, -0.05) is 30.3 Å². The van der Waals surface area contributed by atoms with E-state index in [9.17, 15) is 18.0 Å². The lowest BCUT2D eigenvalue weighted by atomic mass is 10.0. The maximum Gasteiger partial charge on any atom is 0.253 e. The average molecular weight is 473 g/mol. The number of aromatic amines is 1. The summed E-state index contributed by atoms with van der Waals surface area (Å²) in [5.74, 6) is -0.288. The van der Waals surface area contributed by atoms with Crippen molar-refractivity contribution in [2.24, 2.45) is 0 Å². The molecule has 0 radical (unpaired) electrons. The summed E-state index contributed by atoms with van der Waals surface area (Å²) in [4.78, 5) is 34.8. The van der Waals surface area contributed by atoms with Gasteiger partial charge >= 0.3 is 0 Å². The maximum atomic E-state index is 13.2. The van der Waals surface area contributed by atoms with E-state index >= 15 is 0 Å². The zero-order chi connectivity index (χ0) is 23.4. The lowest BCUT2D eigenvalue weighted by Gasteiger charge is -2.34. The number of ketones is 1. The van der Waals surface area contributed by atoms with Gasteiger partial charge in [-0.05, 0) is 35.4 Å². The molecule has 3 heterocycles. The Morgan fingerprint density at radius 1 is 0.882 bits per heavy atom. The van der Waals surface area contributed by atoms with Crippen molar-refractivity contribution >= 4 is 32.7 Å². The van der Waals surface area contributed by atoms with Crippen LogP contribution in [0.2, 0.25) is 0 Å². The number of hydrogen-bond acceptors (Lipinski definition) is 5. The maximum absolute atomic E-state index is 13.2. The fourth-order valence-corrected chi connectivity index (χ4v) is 6.33. The highest BCUT2D eigenvalue weighted by atomic mass is 32.2. The van der Waals surface area contributed by atoms with Crippen LogP contribution in [0, 0.1) is 0 Å². The fraction of sp³-hybridized carbons (Fsp3) is 0.160. The van der Waals surface area contributed by atoms with Gasteiger partial charge in [-0.15, -0.1) is 0 Å². The molecule has 8 nitrogen and oxygen atoms in total. The van der Waals surface area contributed by atoms with E-state index in [0.717, 1.165) is 11.1 Å². The Balaban J connectivity index is 1.20. The van der Waals surface area contributed by atoms with Crippen molar-refractivity contribution in [2.75, 3.05) is 26.2 Å². The minimum Gasteiger partial charge on any atom is -0.345 e. The molecule has 2 aromatic heterocycles. The second-order valence-electron chi connectivity index (χ2n) is 8.38. The first-order chi connectivity index (χ1) is 16.4. The van der Waals surface area contributed by atoms with Crippen LogP contribution in [0.15, 0.2) is 71.9 Å². The van der Waals surface area contributed by atoms with Gasteiger partial charge in [-0.25, -0.2) is 13.4 Å². The minimum atomic E-state index is -3.73. The van der Waals surface area contributed by atoms with Crippen molar-refractivity contribution in [3.63, 3.8) is 0 Å². The van der Waals surface area contributed by atoms with E-state index < -0.39 is 10.0 Å². The molecule has 0 atom stereocenters. The summed E-state index contributed by atoms with van der Waals surface area (Å²) in [5.41, 5.74) is 3.84. The summed E-state index contributed by atoms with van der Waals surface area (Å²) >= 11 is 0. The molecule has 1 N–H and O–H groups in total. The number of piperazine rings is 1. The highest BCUT2D eigenvalue weighted by molar-refractivity contribution is 7.89. The summed E-state index contributed by atoms with van der Waals surface area (Å²) in [5, 5.41) is 0.546. The van der Waals surface area contributed by atoms with E-state index in [4.69, 9.17) is 0 Å². The average Bonchev–Trinajstić information content (AvgIpc) is 3.44. The molecule has 1 saturated heterocycles. The fourth-order valence-electron chi connectivity index (χ4n) is 4.76. The third-order valence-corrected chi connectivity index (χ3v) is 8.47. The van der Waals surface area contributed by atoms with E-state index in [-0.39, 0.29) is 42.8 Å². The number of sulfonamides is 1. The number of rotatable bonds is 3. The molecule has 1 amide bonds. The zero-order valence-electron chi connectivity index (χ0n) is 18.1. The Hall–Kier alpha value is -3.82. The second kappa shape index (κ2) is 7.61. The van der Waals surface area contributed by atoms with E-state index in [0.29, 0.717) is 27.7 Å². The number of carbonyl (C=O) groups is 2. The Kier molecular flexibility index (Phi) is 4.65. The largest absolute Gasteiger partial charge is 0.345 e. The van der Waals surface area contributed by atoms with Crippen LogP contribution in [0.1, 0.15) is 26.3 Å². The number of nitrogens with zero attached hydrogens (tertiary/aromatic N) is 3. The van der Waals surface area contributed by atoms with Gasteiger partial charge in [0.15, 0.2) is 5.78 Å². The van der Waals surface area contributed by atoms with Crippen molar-refractivity contribution in [1.29, 1.82) is 0 Å². The Labute approximate surface area is 195 Å². The summed E-state index contributed by atoms with van der Waals surface area (Å²) in [6.45, 7) is 0.917. The smallest absolute Gasteiger partial charge is 0.253 e. The number of pyridine rings is 1. The number of hydrogen-bond donors (Lipinski definition) is 1. The molecule has 0 saturated carbocycles. The van der Waals surface area contributed by atoms with E-state index in [1.165, 1.54) is 10.5 Å². The van der Waals surface area contributed by atoms with Gasteiger partial charge in [0.05, 0.1) is 0 Å². The molecule has 0 unspecified atom stereocenters. The van der Waals surface area contributed by atoms with Crippen LogP contribution in [-0.4, -0.2) is 65.5 Å². The first-order valence-corrected chi connectivity index (χ1v) is 12.4. The zero-order valence-corrected chi connectivity index (χ0v) is 18.9. The Morgan fingerprint density at radius 2 is 1.62 bits per heavy atom. The summed E-state index contributed by atoms with van der Waals surface area (Å²) in [6, 6.07) is 16.0. The lowest BCUT2D eigenvalue weighted by Crippen LogP contribution is -2.50. The number of aromatic nitrogens is 2. The molecule has 9 heteroatoms. The van der Waals surface area contributed by atoms with Gasteiger partial charge in [0.1, 0.15) is 10.5 Å². The third kappa shape index (κ3) is 3.08. The van der Waals surface area contributed by atoms with E-state index in [1.54, 1.807) is 41.4 Å². The molecule has 2 aliphatic rings. The third-order valence-electron chi connectivity index (χ3n) is 6.53. The van der Waals surface area contributed by atoms with Crippen LogP contribution in [0.25, 0.3) is 22.2 Å². The molecular weight excluding hydrogens is 452 g/mol. The van der Waals surface area contributed by atoms with Crippen LogP contribution in [-0.2, 0) is 10.0 Å². The molecule has 1 aliphatic carbocycles. The number of nitrogens with one attached hydrogen (secondary N) is 1. The highest BCUT2D eigenvalue weighted by Gasteiger charge is 2.33. The van der Waals surface area contributed by atoms with Crippen molar-refractivity contribution in [2.45, 2.75) is 4.90 Å². The number of carbonyl (C=O) groups excluding carboxylic acids is 2. The van der Waals surface area contributed by atoms with Gasteiger partial charge in [0, 0.05) is 60.6 Å². The molecule has 4 aromatic rings. The molecule has 0 bridgehead atoms. The molecule has 0 spiro atoms. The van der Waals surface area contributed by atoms with Crippen LogP contribution in [0.4, 0.5) is 0 Å². The number of benzene rings is 2. The molecule has 2 aromatic carbocycles. The first kappa shape index (κ1) is 20.8. The van der Waals surface area contributed by atoms with Gasteiger partial charge in [0.25, 0.3) is 5.91 Å². The van der Waals surface area contributed by atoms with Crippen LogP contribution < -0.4 is 0 Å². The quantitative estimate of drug-likeness (QED) is 0.435. The van der Waals surface area contributed by atoms with Crippen molar-refractivity contribution in [1.82, 2.24) is 19.2 Å². The molecular formula is C25H20N4O4S. The predicted molar refractivity (Wildman–Crippen MR) is 126 cm³/mol. The molecule has 170 valence electrons. The molecule has 34 heavy (non-hydrogen) atoms. The van der Waals surface area contributed by atoms with Crippen LogP contribution in [0.3, 0.4) is 0 Å². The van der Waals surface area contributed by atoms with Crippen LogP contribution in [0.5, 0.6) is 0 Å². The lowest BCUT2D eigenvalue weighted by molar-refractivity contribution is 0.0698. The number of H-pyrrole nitrogens is 1. The van der Waals surface area contributed by atoms with E-state index in [2.05, 4.69) is 9.97 Å². The molecule has 6 rings (SSSR count). The summed E-state index contributed by atoms with van der Waals surface area (Å²) < 4.78 is 27.8. The Morgan fingerprint density at radius 3 is 2.41 bits per heavy atom. The summed E-state index contributed by atoms with van der Waals surface area (Å²) in [6.07, 6.45) is 3.06. The standard InChI is InChI=1S/C25H20N4O4S/c30-23-19-5-2-1-4-17(19)18-8-7-16(14-21(18)23)25(31)28-10-12-29(13-11-28)34(32,33)22-15-27-24-20(22)6-3-9-26-24/h1-9,14-15H,10-13H2,(H,26,27). The van der Waals surface area contributed by atoms with Gasteiger partial charge in [-0.3, -0.25) is 9.59 Å². The van der Waals surface area contributed by atoms with E-state index in [1.807, 2.05) is 24.3 Å². The topological polar surface area (TPSA) is 103 Å².